The van der Waals surface area contributed by atoms with E-state index in [1.807, 2.05) is 56.3 Å². The summed E-state index contributed by atoms with van der Waals surface area (Å²) in [5.74, 6) is -2.59. The Labute approximate surface area is 201 Å². The predicted octanol–water partition coefficient (Wildman–Crippen LogP) is 3.26. The number of carbonyl (C=O) groups excluding carboxylic acids is 1. The Morgan fingerprint density at radius 1 is 1.18 bits per heavy atom. The number of hydrogen-bond donors (Lipinski definition) is 4. The summed E-state index contributed by atoms with van der Waals surface area (Å²) in [7, 11) is 0. The van der Waals surface area contributed by atoms with Crippen molar-refractivity contribution in [3.8, 4) is 0 Å². The SMILES string of the molecule is CC1CC=CC2C=C(C(=O)O)C(C)C3C(Cc4ccccc4)NC(=O)C23C(O)C=CC(C)(O)C1. The van der Waals surface area contributed by atoms with Gasteiger partial charge in [-0.15, -0.1) is 0 Å². The Hall–Kier alpha value is -2.70. The molecule has 1 fully saturated rings. The van der Waals surface area contributed by atoms with Crippen molar-refractivity contribution in [1.29, 1.82) is 0 Å². The maximum Gasteiger partial charge on any atom is 0.331 e. The number of hydrogen-bond acceptors (Lipinski definition) is 4. The number of carboxylic acids is 1. The Balaban J connectivity index is 1.88. The molecule has 6 nitrogen and oxygen atoms in total. The first kappa shape index (κ1) is 24.4. The van der Waals surface area contributed by atoms with E-state index in [2.05, 4.69) is 5.32 Å². The standard InChI is InChI=1S/C28H35NO5/c1-17-8-7-11-20-15-21(25(31)32)18(2)24-22(14-19-9-5-4-6-10-19)29-26(33)28(20,24)23(30)12-13-27(3,34)16-17/h4-7,9-13,15,17-18,20,22-24,30,34H,8,14,16H2,1-3H3,(H,29,33)(H,31,32). The zero-order valence-electron chi connectivity index (χ0n) is 20.0. The van der Waals surface area contributed by atoms with Crippen molar-refractivity contribution in [2.45, 2.75) is 57.8 Å². The molecule has 0 saturated carbocycles. The highest BCUT2D eigenvalue weighted by atomic mass is 16.4. The van der Waals surface area contributed by atoms with E-state index in [1.165, 1.54) is 0 Å². The van der Waals surface area contributed by atoms with Gasteiger partial charge in [0.25, 0.3) is 0 Å². The molecule has 0 aromatic heterocycles. The first-order valence-electron chi connectivity index (χ1n) is 12.1. The molecule has 4 N–H and O–H groups in total. The fourth-order valence-corrected chi connectivity index (χ4v) is 6.51. The van der Waals surface area contributed by atoms with Gasteiger partial charge in [-0.3, -0.25) is 4.79 Å². The topological polar surface area (TPSA) is 107 Å². The predicted molar refractivity (Wildman–Crippen MR) is 130 cm³/mol. The van der Waals surface area contributed by atoms with Gasteiger partial charge >= 0.3 is 5.97 Å². The average molecular weight is 466 g/mol. The first-order chi connectivity index (χ1) is 16.1. The van der Waals surface area contributed by atoms with Crippen LogP contribution in [-0.2, 0) is 16.0 Å². The van der Waals surface area contributed by atoms with Crippen molar-refractivity contribution in [3.05, 3.63) is 71.8 Å². The number of carbonyl (C=O) groups is 2. The lowest BCUT2D eigenvalue weighted by Gasteiger charge is -2.47. The van der Waals surface area contributed by atoms with Crippen LogP contribution in [0.1, 0.15) is 39.2 Å². The summed E-state index contributed by atoms with van der Waals surface area (Å²) in [4.78, 5) is 26.0. The molecule has 4 rings (SSSR count). The van der Waals surface area contributed by atoms with Gasteiger partial charge in [0.1, 0.15) is 0 Å². The summed E-state index contributed by atoms with van der Waals surface area (Å²) in [6.45, 7) is 5.59. The quantitative estimate of drug-likeness (QED) is 0.513. The molecule has 1 spiro atoms. The molecule has 0 bridgehead atoms. The van der Waals surface area contributed by atoms with Gasteiger partial charge in [-0.25, -0.2) is 4.79 Å². The minimum Gasteiger partial charge on any atom is -0.478 e. The number of allylic oxidation sites excluding steroid dienone is 3. The number of aliphatic hydroxyl groups excluding tert-OH is 1. The highest BCUT2D eigenvalue weighted by molar-refractivity contribution is 5.92. The molecule has 8 unspecified atom stereocenters. The molecule has 34 heavy (non-hydrogen) atoms. The van der Waals surface area contributed by atoms with E-state index in [4.69, 9.17) is 0 Å². The third-order valence-corrected chi connectivity index (χ3v) is 7.95. The van der Waals surface area contributed by atoms with Gasteiger partial charge in [0, 0.05) is 23.5 Å². The number of aliphatic hydroxyl groups is 2. The molecular weight excluding hydrogens is 430 g/mol. The highest BCUT2D eigenvalue weighted by Crippen LogP contribution is 2.56. The lowest BCUT2D eigenvalue weighted by molar-refractivity contribution is -0.141. The molecular formula is C28H35NO5. The summed E-state index contributed by atoms with van der Waals surface area (Å²) in [6, 6.07) is 9.45. The van der Waals surface area contributed by atoms with Gasteiger partial charge < -0.3 is 20.6 Å². The van der Waals surface area contributed by atoms with Gasteiger partial charge in [0.2, 0.25) is 5.91 Å². The second-order valence-corrected chi connectivity index (χ2v) is 10.6. The van der Waals surface area contributed by atoms with Gasteiger partial charge in [-0.05, 0) is 43.6 Å². The Bertz CT molecular complexity index is 1030. The molecule has 3 aliphatic rings. The Morgan fingerprint density at radius 2 is 1.88 bits per heavy atom. The minimum atomic E-state index is -1.27. The van der Waals surface area contributed by atoms with E-state index < -0.39 is 40.8 Å². The van der Waals surface area contributed by atoms with Crippen LogP contribution in [-0.4, -0.2) is 44.9 Å². The monoisotopic (exact) mass is 465 g/mol. The van der Waals surface area contributed by atoms with E-state index in [0.717, 1.165) is 5.56 Å². The zero-order chi connectivity index (χ0) is 24.7. The summed E-state index contributed by atoms with van der Waals surface area (Å²) in [6.07, 6.45) is 9.19. The third-order valence-electron chi connectivity index (χ3n) is 7.95. The molecule has 0 radical (unpaired) electrons. The van der Waals surface area contributed by atoms with Crippen LogP contribution >= 0.6 is 0 Å². The van der Waals surface area contributed by atoms with Crippen molar-refractivity contribution < 1.29 is 24.9 Å². The molecule has 1 aromatic carbocycles. The Morgan fingerprint density at radius 3 is 2.56 bits per heavy atom. The molecule has 1 heterocycles. The van der Waals surface area contributed by atoms with E-state index in [9.17, 15) is 24.9 Å². The van der Waals surface area contributed by atoms with Crippen LogP contribution in [0.15, 0.2) is 66.3 Å². The van der Waals surface area contributed by atoms with E-state index in [1.54, 1.807) is 25.2 Å². The largest absolute Gasteiger partial charge is 0.478 e. The molecule has 2 aliphatic carbocycles. The number of benzene rings is 1. The van der Waals surface area contributed by atoms with E-state index >= 15 is 0 Å². The van der Waals surface area contributed by atoms with Crippen molar-refractivity contribution in [2.75, 3.05) is 0 Å². The molecule has 182 valence electrons. The fraction of sp³-hybridized carbons (Fsp3) is 0.500. The molecule has 1 aliphatic heterocycles. The summed E-state index contributed by atoms with van der Waals surface area (Å²) < 4.78 is 0. The van der Waals surface area contributed by atoms with Gasteiger partial charge in [-0.2, -0.15) is 0 Å². The summed E-state index contributed by atoms with van der Waals surface area (Å²) in [5.41, 5.74) is -1.08. The second-order valence-electron chi connectivity index (χ2n) is 10.6. The van der Waals surface area contributed by atoms with E-state index in [0.29, 0.717) is 19.3 Å². The Kier molecular flexibility index (Phi) is 6.58. The summed E-state index contributed by atoms with van der Waals surface area (Å²) >= 11 is 0. The van der Waals surface area contributed by atoms with Crippen LogP contribution in [0, 0.1) is 29.1 Å². The van der Waals surface area contributed by atoms with Crippen molar-refractivity contribution in [2.24, 2.45) is 29.1 Å². The fourth-order valence-electron chi connectivity index (χ4n) is 6.51. The lowest BCUT2D eigenvalue weighted by atomic mass is 9.54. The smallest absolute Gasteiger partial charge is 0.331 e. The van der Waals surface area contributed by atoms with Crippen LogP contribution in [0.4, 0.5) is 0 Å². The van der Waals surface area contributed by atoms with Crippen molar-refractivity contribution in [1.82, 2.24) is 5.32 Å². The van der Waals surface area contributed by atoms with Crippen molar-refractivity contribution >= 4 is 11.9 Å². The molecule has 1 amide bonds. The lowest BCUT2D eigenvalue weighted by Crippen LogP contribution is -2.54. The van der Waals surface area contributed by atoms with Crippen LogP contribution < -0.4 is 5.32 Å². The van der Waals surface area contributed by atoms with Gasteiger partial charge in [-0.1, -0.05) is 74.6 Å². The number of aliphatic carboxylic acids is 1. The maximum atomic E-state index is 13.8. The van der Waals surface area contributed by atoms with Gasteiger partial charge in [0.05, 0.1) is 17.1 Å². The number of carboxylic acid groups (broad SMARTS) is 1. The molecule has 1 saturated heterocycles. The van der Waals surface area contributed by atoms with Crippen molar-refractivity contribution in [3.63, 3.8) is 0 Å². The number of nitrogens with one attached hydrogen (secondary N) is 1. The average Bonchev–Trinajstić information content (AvgIpc) is 3.06. The molecule has 6 heteroatoms. The number of amides is 1. The highest BCUT2D eigenvalue weighted by Gasteiger charge is 2.65. The maximum absolute atomic E-state index is 13.8. The third kappa shape index (κ3) is 4.25. The zero-order valence-corrected chi connectivity index (χ0v) is 20.0. The number of rotatable bonds is 3. The van der Waals surface area contributed by atoms with E-state index in [-0.39, 0.29) is 23.4 Å². The van der Waals surface area contributed by atoms with Crippen LogP contribution in [0.3, 0.4) is 0 Å². The first-order valence-corrected chi connectivity index (χ1v) is 12.1. The normalized spacial score (nSPS) is 39.9. The van der Waals surface area contributed by atoms with Crippen LogP contribution in [0.25, 0.3) is 0 Å². The summed E-state index contributed by atoms with van der Waals surface area (Å²) in [5, 5.41) is 35.6. The molecule has 1 aromatic rings. The van der Waals surface area contributed by atoms with Crippen LogP contribution in [0.2, 0.25) is 0 Å². The minimum absolute atomic E-state index is 0.173. The molecule has 8 atom stereocenters. The second kappa shape index (κ2) is 9.16. The van der Waals surface area contributed by atoms with Gasteiger partial charge in [0.15, 0.2) is 0 Å². The van der Waals surface area contributed by atoms with Crippen LogP contribution in [0.5, 0.6) is 0 Å².